The van der Waals surface area contributed by atoms with E-state index in [0.717, 1.165) is 28.7 Å². The molecule has 0 spiro atoms. The number of fused-ring (bicyclic) bond motifs is 1. The van der Waals surface area contributed by atoms with Gasteiger partial charge in [-0.3, -0.25) is 4.79 Å². The molecule has 0 atom stereocenters. The van der Waals surface area contributed by atoms with Crippen molar-refractivity contribution < 1.29 is 22.4 Å². The van der Waals surface area contributed by atoms with Gasteiger partial charge in [-0.2, -0.15) is 13.2 Å². The van der Waals surface area contributed by atoms with Gasteiger partial charge in [0.25, 0.3) is 5.91 Å². The molecule has 3 rings (SSSR count). The maximum atomic E-state index is 12.5. The molecule has 0 fully saturated rings. The van der Waals surface area contributed by atoms with Gasteiger partial charge in [0.1, 0.15) is 5.58 Å². The highest BCUT2D eigenvalue weighted by Gasteiger charge is 2.30. The summed E-state index contributed by atoms with van der Waals surface area (Å²) in [6.45, 7) is 0.364. The molecular formula is C18H14F3NO2. The Morgan fingerprint density at radius 3 is 2.46 bits per heavy atom. The Hall–Kier alpha value is -2.76. The molecule has 1 amide bonds. The highest BCUT2D eigenvalue weighted by atomic mass is 19.4. The first-order valence-corrected chi connectivity index (χ1v) is 7.36. The van der Waals surface area contributed by atoms with Crippen LogP contribution in [0.25, 0.3) is 11.0 Å². The molecular weight excluding hydrogens is 319 g/mol. The van der Waals surface area contributed by atoms with Crippen LogP contribution in [-0.4, -0.2) is 12.5 Å². The second-order valence-electron chi connectivity index (χ2n) is 5.34. The van der Waals surface area contributed by atoms with Crippen LogP contribution in [0, 0.1) is 0 Å². The molecule has 1 aromatic heterocycles. The summed E-state index contributed by atoms with van der Waals surface area (Å²) >= 11 is 0. The van der Waals surface area contributed by atoms with Crippen LogP contribution in [0.4, 0.5) is 13.2 Å². The third kappa shape index (κ3) is 3.42. The molecule has 1 heterocycles. The van der Waals surface area contributed by atoms with Crippen molar-refractivity contribution >= 4 is 16.9 Å². The van der Waals surface area contributed by atoms with Gasteiger partial charge in [-0.15, -0.1) is 0 Å². The maximum Gasteiger partial charge on any atom is 0.416 e. The summed E-state index contributed by atoms with van der Waals surface area (Å²) in [5.74, 6) is -0.406. The Morgan fingerprint density at radius 2 is 1.75 bits per heavy atom. The summed E-state index contributed by atoms with van der Waals surface area (Å²) in [5, 5.41) is 3.69. The molecule has 0 aliphatic heterocycles. The van der Waals surface area contributed by atoms with Crippen molar-refractivity contribution in [1.29, 1.82) is 0 Å². The van der Waals surface area contributed by atoms with E-state index in [4.69, 9.17) is 4.42 Å². The maximum absolute atomic E-state index is 12.5. The number of para-hydroxylation sites is 1. The molecule has 1 N–H and O–H groups in total. The van der Waals surface area contributed by atoms with Crippen molar-refractivity contribution in [3.63, 3.8) is 0 Å². The third-order valence-corrected chi connectivity index (χ3v) is 3.72. The molecule has 0 saturated carbocycles. The fraction of sp³-hybridized carbons (Fsp3) is 0.167. The fourth-order valence-electron chi connectivity index (χ4n) is 2.45. The first-order chi connectivity index (χ1) is 11.4. The summed E-state index contributed by atoms with van der Waals surface area (Å²) in [7, 11) is 0. The Balaban J connectivity index is 1.59. The highest BCUT2D eigenvalue weighted by Crippen LogP contribution is 2.29. The topological polar surface area (TPSA) is 42.2 Å². The van der Waals surface area contributed by atoms with E-state index in [9.17, 15) is 18.0 Å². The molecule has 3 aromatic rings. The minimum absolute atomic E-state index is 0.194. The number of carbonyl (C=O) groups is 1. The Kier molecular flexibility index (Phi) is 4.29. The zero-order valence-electron chi connectivity index (χ0n) is 12.6. The quantitative estimate of drug-likeness (QED) is 0.768. The molecule has 6 heteroatoms. The minimum atomic E-state index is -4.41. The lowest BCUT2D eigenvalue weighted by Crippen LogP contribution is -2.25. The number of carbonyl (C=O) groups excluding carboxylic acids is 1. The largest absolute Gasteiger partial charge is 0.464 e. The number of hydrogen-bond acceptors (Lipinski definition) is 2. The van der Waals surface area contributed by atoms with Crippen LogP contribution in [0.3, 0.4) is 0 Å². The molecule has 0 saturated heterocycles. The van der Waals surface area contributed by atoms with Crippen LogP contribution in [0.5, 0.6) is 0 Å². The lowest BCUT2D eigenvalue weighted by molar-refractivity contribution is -0.137. The number of nitrogens with one attached hydrogen (secondary N) is 1. The van der Waals surface area contributed by atoms with E-state index in [1.807, 2.05) is 24.3 Å². The number of halogens is 3. The van der Waals surface area contributed by atoms with E-state index in [0.29, 0.717) is 13.0 Å². The number of benzene rings is 2. The van der Waals surface area contributed by atoms with Gasteiger partial charge >= 0.3 is 6.18 Å². The van der Waals surface area contributed by atoms with E-state index >= 15 is 0 Å². The Morgan fingerprint density at radius 1 is 1.04 bits per heavy atom. The predicted octanol–water partition coefficient (Wildman–Crippen LogP) is 4.42. The first kappa shape index (κ1) is 16.1. The van der Waals surface area contributed by atoms with Gasteiger partial charge in [-0.25, -0.2) is 0 Å². The average Bonchev–Trinajstić information content (AvgIpc) is 2.97. The summed E-state index contributed by atoms with van der Waals surface area (Å²) in [5.41, 5.74) is 1.17. The van der Waals surface area contributed by atoms with Crippen molar-refractivity contribution in [1.82, 2.24) is 5.32 Å². The fourth-order valence-corrected chi connectivity index (χ4v) is 2.45. The number of furan rings is 1. The van der Waals surface area contributed by atoms with E-state index in [2.05, 4.69) is 5.32 Å². The van der Waals surface area contributed by atoms with Gasteiger partial charge in [0.05, 0.1) is 11.8 Å². The van der Waals surface area contributed by atoms with Crippen molar-refractivity contribution in [2.75, 3.05) is 6.54 Å². The van der Waals surface area contributed by atoms with Crippen molar-refractivity contribution in [2.24, 2.45) is 0 Å². The van der Waals surface area contributed by atoms with Gasteiger partial charge in [-0.05, 0) is 42.3 Å². The minimum Gasteiger partial charge on any atom is -0.464 e. The lowest BCUT2D eigenvalue weighted by atomic mass is 10.1. The van der Waals surface area contributed by atoms with Crippen molar-refractivity contribution in [3.8, 4) is 0 Å². The second kappa shape index (κ2) is 6.39. The second-order valence-corrected chi connectivity index (χ2v) is 5.34. The predicted molar refractivity (Wildman–Crippen MR) is 83.7 cm³/mol. The number of rotatable bonds is 4. The first-order valence-electron chi connectivity index (χ1n) is 7.36. The summed E-state index contributed by atoms with van der Waals surface area (Å²) < 4.78 is 42.9. The van der Waals surface area contributed by atoms with Crippen molar-refractivity contribution in [3.05, 3.63) is 71.5 Å². The van der Waals surface area contributed by atoms with E-state index in [-0.39, 0.29) is 5.56 Å². The van der Waals surface area contributed by atoms with Crippen LogP contribution in [-0.2, 0) is 12.6 Å². The molecule has 0 aliphatic rings. The van der Waals surface area contributed by atoms with Crippen LogP contribution in [0.1, 0.15) is 21.5 Å². The normalized spacial score (nSPS) is 11.6. The molecule has 0 unspecified atom stereocenters. The van der Waals surface area contributed by atoms with Crippen LogP contribution < -0.4 is 5.32 Å². The molecule has 0 bridgehead atoms. The van der Waals surface area contributed by atoms with E-state index in [1.54, 1.807) is 6.26 Å². The smallest absolute Gasteiger partial charge is 0.416 e. The summed E-state index contributed by atoms with van der Waals surface area (Å²) in [6.07, 6.45) is -2.18. The summed E-state index contributed by atoms with van der Waals surface area (Å²) in [4.78, 5) is 12.0. The number of hydrogen-bond donors (Lipinski definition) is 1. The van der Waals surface area contributed by atoms with Crippen LogP contribution in [0.2, 0.25) is 0 Å². The monoisotopic (exact) mass is 333 g/mol. The number of amides is 1. The molecule has 0 aliphatic carbocycles. The molecule has 3 nitrogen and oxygen atoms in total. The van der Waals surface area contributed by atoms with Crippen molar-refractivity contribution in [2.45, 2.75) is 12.6 Å². The molecule has 2 aromatic carbocycles. The van der Waals surface area contributed by atoms with Gasteiger partial charge < -0.3 is 9.73 Å². The molecule has 124 valence electrons. The zero-order valence-corrected chi connectivity index (χ0v) is 12.6. The van der Waals surface area contributed by atoms with Gasteiger partial charge in [0, 0.05) is 17.5 Å². The van der Waals surface area contributed by atoms with Gasteiger partial charge in [-0.1, -0.05) is 18.2 Å². The Bertz CT molecular complexity index is 851. The lowest BCUT2D eigenvalue weighted by Gasteiger charge is -2.08. The van der Waals surface area contributed by atoms with Crippen LogP contribution in [0.15, 0.2) is 59.2 Å². The van der Waals surface area contributed by atoms with E-state index in [1.165, 1.54) is 12.1 Å². The van der Waals surface area contributed by atoms with Crippen LogP contribution >= 0.6 is 0 Å². The Labute approximate surface area is 136 Å². The SMILES string of the molecule is O=C(NCCc1coc2ccccc12)c1ccc(C(F)(F)F)cc1. The van der Waals surface area contributed by atoms with E-state index < -0.39 is 17.6 Å². The van der Waals surface area contributed by atoms with Gasteiger partial charge in [0.2, 0.25) is 0 Å². The molecule has 0 radical (unpaired) electrons. The van der Waals surface area contributed by atoms with Gasteiger partial charge in [0.15, 0.2) is 0 Å². The average molecular weight is 333 g/mol. The number of alkyl halides is 3. The highest BCUT2D eigenvalue weighted by molar-refractivity contribution is 5.94. The molecule has 24 heavy (non-hydrogen) atoms. The summed E-state index contributed by atoms with van der Waals surface area (Å²) in [6, 6.07) is 11.7. The standard InChI is InChI=1S/C18H14F3NO2/c19-18(20,21)14-7-5-12(6-8-14)17(23)22-10-9-13-11-24-16-4-2-1-3-15(13)16/h1-8,11H,9-10H2,(H,22,23). The third-order valence-electron chi connectivity index (χ3n) is 3.72. The zero-order chi connectivity index (χ0) is 17.2.